The average Bonchev–Trinajstić information content (AvgIpc) is 2.24. The van der Waals surface area contributed by atoms with Crippen molar-refractivity contribution >= 4 is 0 Å². The first kappa shape index (κ1) is 9.47. The molecule has 0 aromatic rings. The fraction of sp³-hybridized carbons (Fsp3) is 1.00. The summed E-state index contributed by atoms with van der Waals surface area (Å²) in [4.78, 5) is 2.70. The molecule has 1 saturated carbocycles. The van der Waals surface area contributed by atoms with E-state index in [4.69, 9.17) is 0 Å². The van der Waals surface area contributed by atoms with E-state index < -0.39 is 0 Å². The van der Waals surface area contributed by atoms with Crippen molar-refractivity contribution in [3.05, 3.63) is 0 Å². The predicted octanol–water partition coefficient (Wildman–Crippen LogP) is 1.33. The summed E-state index contributed by atoms with van der Waals surface area (Å²) >= 11 is 0. The SMILES string of the molecule is CC1CC(N2CCNCC(C)C2)C1. The van der Waals surface area contributed by atoms with Gasteiger partial charge in [0.15, 0.2) is 0 Å². The Balaban J connectivity index is 1.83. The summed E-state index contributed by atoms with van der Waals surface area (Å²) in [5.41, 5.74) is 0. The molecule has 2 fully saturated rings. The lowest BCUT2D eigenvalue weighted by Crippen LogP contribution is -2.46. The minimum atomic E-state index is 0.832. The molecule has 13 heavy (non-hydrogen) atoms. The molecule has 2 rings (SSSR count). The van der Waals surface area contributed by atoms with E-state index in [0.29, 0.717) is 0 Å². The minimum Gasteiger partial charge on any atom is -0.315 e. The van der Waals surface area contributed by atoms with Crippen LogP contribution in [0.2, 0.25) is 0 Å². The van der Waals surface area contributed by atoms with Crippen LogP contribution >= 0.6 is 0 Å². The van der Waals surface area contributed by atoms with Crippen molar-refractivity contribution in [1.82, 2.24) is 10.2 Å². The molecule has 76 valence electrons. The van der Waals surface area contributed by atoms with Crippen LogP contribution in [0.1, 0.15) is 26.7 Å². The number of nitrogens with one attached hydrogen (secondary N) is 1. The van der Waals surface area contributed by atoms with Gasteiger partial charge in [0.2, 0.25) is 0 Å². The van der Waals surface area contributed by atoms with Gasteiger partial charge in [-0.25, -0.2) is 0 Å². The molecule has 1 heterocycles. The largest absolute Gasteiger partial charge is 0.315 e. The normalized spacial score (nSPS) is 42.5. The van der Waals surface area contributed by atoms with Gasteiger partial charge >= 0.3 is 0 Å². The van der Waals surface area contributed by atoms with Crippen LogP contribution in [0.5, 0.6) is 0 Å². The quantitative estimate of drug-likeness (QED) is 0.658. The highest BCUT2D eigenvalue weighted by Gasteiger charge is 2.31. The number of hydrogen-bond acceptors (Lipinski definition) is 2. The lowest BCUT2D eigenvalue weighted by Gasteiger charge is -2.41. The summed E-state index contributed by atoms with van der Waals surface area (Å²) in [5, 5.41) is 3.50. The molecule has 1 aliphatic heterocycles. The Hall–Kier alpha value is -0.0800. The fourth-order valence-corrected chi connectivity index (χ4v) is 2.62. The van der Waals surface area contributed by atoms with E-state index in [1.54, 1.807) is 0 Å². The Labute approximate surface area is 81.7 Å². The van der Waals surface area contributed by atoms with Gasteiger partial charge in [-0.05, 0) is 31.2 Å². The van der Waals surface area contributed by atoms with Gasteiger partial charge in [-0.15, -0.1) is 0 Å². The molecular weight excluding hydrogens is 160 g/mol. The summed E-state index contributed by atoms with van der Waals surface area (Å²) in [7, 11) is 0. The molecule has 1 unspecified atom stereocenters. The monoisotopic (exact) mass is 182 g/mol. The molecule has 1 aliphatic carbocycles. The second kappa shape index (κ2) is 3.97. The van der Waals surface area contributed by atoms with Gasteiger partial charge in [0.1, 0.15) is 0 Å². The molecule has 1 atom stereocenters. The van der Waals surface area contributed by atoms with Gasteiger partial charge in [-0.1, -0.05) is 13.8 Å². The van der Waals surface area contributed by atoms with E-state index in [-0.39, 0.29) is 0 Å². The van der Waals surface area contributed by atoms with Gasteiger partial charge in [0.05, 0.1) is 0 Å². The predicted molar refractivity (Wildman–Crippen MR) is 55.8 cm³/mol. The molecule has 2 nitrogen and oxygen atoms in total. The molecule has 0 aromatic carbocycles. The topological polar surface area (TPSA) is 15.3 Å². The lowest BCUT2D eigenvalue weighted by molar-refractivity contribution is 0.0835. The molecule has 0 amide bonds. The Morgan fingerprint density at radius 3 is 2.62 bits per heavy atom. The Kier molecular flexibility index (Phi) is 2.89. The highest BCUT2D eigenvalue weighted by Crippen LogP contribution is 2.31. The zero-order valence-electron chi connectivity index (χ0n) is 8.92. The Morgan fingerprint density at radius 1 is 1.15 bits per heavy atom. The molecule has 1 saturated heterocycles. The van der Waals surface area contributed by atoms with Gasteiger partial charge in [0, 0.05) is 25.7 Å². The highest BCUT2D eigenvalue weighted by molar-refractivity contribution is 4.87. The standard InChI is InChI=1S/C11H22N2/c1-9-5-11(6-9)13-4-3-12-7-10(2)8-13/h9-12H,3-8H2,1-2H3. The van der Waals surface area contributed by atoms with Crippen molar-refractivity contribution in [2.24, 2.45) is 11.8 Å². The van der Waals surface area contributed by atoms with Gasteiger partial charge < -0.3 is 5.32 Å². The summed E-state index contributed by atoms with van der Waals surface area (Å²) in [6.45, 7) is 9.70. The van der Waals surface area contributed by atoms with E-state index in [2.05, 4.69) is 24.1 Å². The summed E-state index contributed by atoms with van der Waals surface area (Å²) in [5.74, 6) is 1.81. The van der Waals surface area contributed by atoms with E-state index in [1.807, 2.05) is 0 Å². The number of rotatable bonds is 1. The molecule has 0 radical (unpaired) electrons. The molecule has 0 aromatic heterocycles. The van der Waals surface area contributed by atoms with E-state index >= 15 is 0 Å². The molecule has 2 aliphatic rings. The Bertz CT molecular complexity index is 163. The number of hydrogen-bond donors (Lipinski definition) is 1. The van der Waals surface area contributed by atoms with E-state index in [0.717, 1.165) is 17.9 Å². The summed E-state index contributed by atoms with van der Waals surface area (Å²) in [6, 6.07) is 0.914. The summed E-state index contributed by atoms with van der Waals surface area (Å²) in [6.07, 6.45) is 2.87. The third-order valence-electron chi connectivity index (χ3n) is 3.48. The van der Waals surface area contributed by atoms with Crippen molar-refractivity contribution in [3.63, 3.8) is 0 Å². The van der Waals surface area contributed by atoms with Crippen LogP contribution in [0.4, 0.5) is 0 Å². The van der Waals surface area contributed by atoms with Crippen LogP contribution in [0.25, 0.3) is 0 Å². The van der Waals surface area contributed by atoms with Gasteiger partial charge in [0.25, 0.3) is 0 Å². The zero-order valence-corrected chi connectivity index (χ0v) is 8.92. The van der Waals surface area contributed by atoms with Crippen molar-refractivity contribution < 1.29 is 0 Å². The van der Waals surface area contributed by atoms with E-state index in [1.165, 1.54) is 39.0 Å². The first-order chi connectivity index (χ1) is 6.25. The van der Waals surface area contributed by atoms with Crippen molar-refractivity contribution in [3.8, 4) is 0 Å². The third kappa shape index (κ3) is 2.23. The second-order valence-corrected chi connectivity index (χ2v) is 5.03. The van der Waals surface area contributed by atoms with Crippen molar-refractivity contribution in [1.29, 1.82) is 0 Å². The van der Waals surface area contributed by atoms with Crippen LogP contribution in [0.3, 0.4) is 0 Å². The molecule has 0 spiro atoms. The third-order valence-corrected chi connectivity index (χ3v) is 3.48. The maximum Gasteiger partial charge on any atom is 0.0110 e. The first-order valence-electron chi connectivity index (χ1n) is 5.70. The molecule has 1 N–H and O–H groups in total. The second-order valence-electron chi connectivity index (χ2n) is 5.03. The molecule has 0 bridgehead atoms. The Morgan fingerprint density at radius 2 is 1.92 bits per heavy atom. The molecular formula is C11H22N2. The van der Waals surface area contributed by atoms with Crippen LogP contribution in [0, 0.1) is 11.8 Å². The zero-order chi connectivity index (χ0) is 9.26. The van der Waals surface area contributed by atoms with Crippen LogP contribution < -0.4 is 5.32 Å². The van der Waals surface area contributed by atoms with E-state index in [9.17, 15) is 0 Å². The maximum atomic E-state index is 3.50. The smallest absolute Gasteiger partial charge is 0.0110 e. The van der Waals surface area contributed by atoms with Crippen LogP contribution in [-0.2, 0) is 0 Å². The maximum absolute atomic E-state index is 3.50. The van der Waals surface area contributed by atoms with Crippen LogP contribution in [0.15, 0.2) is 0 Å². The molecule has 2 heteroatoms. The lowest BCUT2D eigenvalue weighted by atomic mass is 9.80. The minimum absolute atomic E-state index is 0.832. The number of nitrogens with zero attached hydrogens (tertiary/aromatic N) is 1. The van der Waals surface area contributed by atoms with Crippen LogP contribution in [-0.4, -0.2) is 37.1 Å². The summed E-state index contributed by atoms with van der Waals surface area (Å²) < 4.78 is 0. The van der Waals surface area contributed by atoms with Crippen molar-refractivity contribution in [2.45, 2.75) is 32.7 Å². The van der Waals surface area contributed by atoms with Gasteiger partial charge in [-0.2, -0.15) is 0 Å². The highest BCUT2D eigenvalue weighted by atomic mass is 15.2. The fourth-order valence-electron chi connectivity index (χ4n) is 2.62. The van der Waals surface area contributed by atoms with Gasteiger partial charge in [-0.3, -0.25) is 4.90 Å². The average molecular weight is 182 g/mol. The first-order valence-corrected chi connectivity index (χ1v) is 5.70. The van der Waals surface area contributed by atoms with Crippen molar-refractivity contribution in [2.75, 3.05) is 26.2 Å².